The summed E-state index contributed by atoms with van der Waals surface area (Å²) in [6.45, 7) is 1.18. The fourth-order valence-corrected chi connectivity index (χ4v) is 2.74. The zero-order valence-electron chi connectivity index (χ0n) is 11.4. The van der Waals surface area contributed by atoms with E-state index in [9.17, 15) is 9.18 Å². The highest BCUT2D eigenvalue weighted by Crippen LogP contribution is 2.18. The first kappa shape index (κ1) is 17.4. The lowest BCUT2D eigenvalue weighted by atomic mass is 10.0. The molecule has 6 heteroatoms. The van der Waals surface area contributed by atoms with Crippen LogP contribution in [0.5, 0.6) is 0 Å². The average Bonchev–Trinajstić information content (AvgIpc) is 2.43. The van der Waals surface area contributed by atoms with Gasteiger partial charge < -0.3 is 10.2 Å². The topological polar surface area (TPSA) is 32.3 Å². The summed E-state index contributed by atoms with van der Waals surface area (Å²) < 4.78 is 14.5. The number of nitrogens with zero attached hydrogens (tertiary/aromatic N) is 1. The molecule has 1 aliphatic heterocycles. The monoisotopic (exact) mass is 364 g/mol. The minimum absolute atomic E-state index is 0. The molecule has 1 aliphatic rings. The number of likely N-dealkylation sites (N-methyl/N-ethyl adjacent to an activating group) is 1. The number of benzene rings is 1. The van der Waals surface area contributed by atoms with E-state index in [1.54, 1.807) is 24.1 Å². The van der Waals surface area contributed by atoms with Crippen molar-refractivity contribution in [3.63, 3.8) is 0 Å². The molecular weight excluding hydrogens is 347 g/mol. The van der Waals surface area contributed by atoms with Crippen molar-refractivity contribution >= 4 is 34.2 Å². The third kappa shape index (κ3) is 4.43. The maximum Gasteiger partial charge on any atom is 0.239 e. The van der Waals surface area contributed by atoms with Crippen LogP contribution in [0.25, 0.3) is 0 Å². The number of piperidine rings is 1. The molecule has 0 aliphatic carbocycles. The summed E-state index contributed by atoms with van der Waals surface area (Å²) in [5.41, 5.74) is 0.529. The Morgan fingerprint density at radius 1 is 1.50 bits per heavy atom. The molecule has 1 N–H and O–H groups in total. The molecule has 1 fully saturated rings. The van der Waals surface area contributed by atoms with Gasteiger partial charge in [0.05, 0.1) is 6.04 Å². The number of hydrogen-bond acceptors (Lipinski definition) is 2. The van der Waals surface area contributed by atoms with E-state index in [4.69, 9.17) is 0 Å². The van der Waals surface area contributed by atoms with Crippen molar-refractivity contribution in [1.29, 1.82) is 0 Å². The van der Waals surface area contributed by atoms with E-state index in [0.29, 0.717) is 12.1 Å². The van der Waals surface area contributed by atoms with Gasteiger partial charge in [-0.25, -0.2) is 4.39 Å². The van der Waals surface area contributed by atoms with E-state index >= 15 is 0 Å². The predicted molar refractivity (Wildman–Crippen MR) is 83.5 cm³/mol. The molecule has 1 heterocycles. The fourth-order valence-electron chi connectivity index (χ4n) is 2.33. The van der Waals surface area contributed by atoms with Crippen molar-refractivity contribution in [2.45, 2.75) is 31.8 Å². The second-order valence-electron chi connectivity index (χ2n) is 4.93. The van der Waals surface area contributed by atoms with Gasteiger partial charge >= 0.3 is 0 Å². The zero-order chi connectivity index (χ0) is 13.8. The zero-order valence-corrected chi connectivity index (χ0v) is 13.8. The Morgan fingerprint density at radius 2 is 2.25 bits per heavy atom. The van der Waals surface area contributed by atoms with Gasteiger partial charge in [0.2, 0.25) is 5.91 Å². The molecule has 2 rings (SSSR count). The van der Waals surface area contributed by atoms with Crippen LogP contribution in [-0.2, 0) is 11.3 Å². The Hall–Kier alpha value is -0.650. The molecule has 1 atom stereocenters. The summed E-state index contributed by atoms with van der Waals surface area (Å²) in [6, 6.07) is 4.67. The third-order valence-electron chi connectivity index (χ3n) is 3.40. The minimum Gasteiger partial charge on any atom is -0.340 e. The van der Waals surface area contributed by atoms with Crippen LogP contribution in [-0.4, -0.2) is 30.4 Å². The first-order chi connectivity index (χ1) is 9.08. The quantitative estimate of drug-likeness (QED) is 0.892. The normalized spacial score (nSPS) is 18.2. The molecule has 0 bridgehead atoms. The molecular formula is C14H19BrClFN2O. The number of amides is 1. The Bertz CT molecular complexity index is 466. The van der Waals surface area contributed by atoms with Gasteiger partial charge in [-0.15, -0.1) is 12.4 Å². The van der Waals surface area contributed by atoms with Crippen molar-refractivity contribution in [3.8, 4) is 0 Å². The summed E-state index contributed by atoms with van der Waals surface area (Å²) in [5.74, 6) is -0.237. The van der Waals surface area contributed by atoms with Crippen LogP contribution in [0.4, 0.5) is 4.39 Å². The van der Waals surface area contributed by atoms with E-state index in [-0.39, 0.29) is 30.2 Å². The Balaban J connectivity index is 0.00000200. The van der Waals surface area contributed by atoms with Crippen LogP contribution in [0.2, 0.25) is 0 Å². The van der Waals surface area contributed by atoms with E-state index in [2.05, 4.69) is 21.2 Å². The molecule has 1 aromatic rings. The summed E-state index contributed by atoms with van der Waals surface area (Å²) >= 11 is 3.32. The molecule has 0 spiro atoms. The molecule has 1 saturated heterocycles. The number of hydrogen-bond donors (Lipinski definition) is 1. The summed E-state index contributed by atoms with van der Waals surface area (Å²) in [7, 11) is 1.72. The van der Waals surface area contributed by atoms with Gasteiger partial charge in [0, 0.05) is 23.6 Å². The van der Waals surface area contributed by atoms with E-state index in [1.807, 2.05) is 0 Å². The minimum atomic E-state index is -0.278. The molecule has 0 saturated carbocycles. The number of halogens is 3. The molecule has 112 valence electrons. The van der Waals surface area contributed by atoms with Gasteiger partial charge in [0.25, 0.3) is 0 Å². The van der Waals surface area contributed by atoms with Crippen molar-refractivity contribution in [3.05, 3.63) is 34.1 Å². The second-order valence-corrected chi connectivity index (χ2v) is 5.85. The van der Waals surface area contributed by atoms with Crippen LogP contribution >= 0.6 is 28.3 Å². The largest absolute Gasteiger partial charge is 0.340 e. The van der Waals surface area contributed by atoms with Crippen LogP contribution in [0.15, 0.2) is 22.7 Å². The fraction of sp³-hybridized carbons (Fsp3) is 0.500. The lowest BCUT2D eigenvalue weighted by Crippen LogP contribution is -2.47. The van der Waals surface area contributed by atoms with E-state index in [0.717, 1.165) is 30.3 Å². The SMILES string of the molecule is CN(Cc1cc(Br)ccc1F)C(=O)C1CCCCN1.Cl. The molecule has 3 nitrogen and oxygen atoms in total. The highest BCUT2D eigenvalue weighted by atomic mass is 79.9. The number of rotatable bonds is 3. The average molecular weight is 366 g/mol. The molecule has 1 unspecified atom stereocenters. The lowest BCUT2D eigenvalue weighted by Gasteiger charge is -2.27. The Kier molecular flexibility index (Phi) is 6.92. The summed E-state index contributed by atoms with van der Waals surface area (Å²) in [5, 5.41) is 3.22. The smallest absolute Gasteiger partial charge is 0.239 e. The van der Waals surface area contributed by atoms with E-state index in [1.165, 1.54) is 6.07 Å². The van der Waals surface area contributed by atoms with Gasteiger partial charge in [0.1, 0.15) is 5.82 Å². The maximum absolute atomic E-state index is 13.7. The number of carbonyl (C=O) groups excluding carboxylic acids is 1. The Morgan fingerprint density at radius 3 is 2.90 bits per heavy atom. The number of nitrogens with one attached hydrogen (secondary N) is 1. The summed E-state index contributed by atoms with van der Waals surface area (Å²) in [6.07, 6.45) is 3.06. The van der Waals surface area contributed by atoms with Gasteiger partial charge in [-0.05, 0) is 37.6 Å². The molecule has 1 aromatic carbocycles. The predicted octanol–water partition coefficient (Wildman–Crippen LogP) is 3.11. The van der Waals surface area contributed by atoms with Gasteiger partial charge in [0.15, 0.2) is 0 Å². The van der Waals surface area contributed by atoms with Gasteiger partial charge in [-0.2, -0.15) is 0 Å². The van der Waals surface area contributed by atoms with Crippen LogP contribution < -0.4 is 5.32 Å². The van der Waals surface area contributed by atoms with Crippen molar-refractivity contribution < 1.29 is 9.18 Å². The van der Waals surface area contributed by atoms with Crippen LogP contribution in [0.1, 0.15) is 24.8 Å². The molecule has 1 amide bonds. The Labute approximate surface area is 133 Å². The van der Waals surface area contributed by atoms with Crippen molar-refractivity contribution in [1.82, 2.24) is 10.2 Å². The molecule has 20 heavy (non-hydrogen) atoms. The van der Waals surface area contributed by atoms with Crippen LogP contribution in [0.3, 0.4) is 0 Å². The highest BCUT2D eigenvalue weighted by molar-refractivity contribution is 9.10. The maximum atomic E-state index is 13.7. The second kappa shape index (κ2) is 7.96. The highest BCUT2D eigenvalue weighted by Gasteiger charge is 2.24. The first-order valence-electron chi connectivity index (χ1n) is 6.50. The van der Waals surface area contributed by atoms with E-state index < -0.39 is 0 Å². The molecule has 0 aromatic heterocycles. The first-order valence-corrected chi connectivity index (χ1v) is 7.29. The summed E-state index contributed by atoms with van der Waals surface area (Å²) in [4.78, 5) is 13.8. The lowest BCUT2D eigenvalue weighted by molar-refractivity contribution is -0.133. The third-order valence-corrected chi connectivity index (χ3v) is 3.89. The van der Waals surface area contributed by atoms with Crippen molar-refractivity contribution in [2.24, 2.45) is 0 Å². The van der Waals surface area contributed by atoms with Gasteiger partial charge in [-0.3, -0.25) is 4.79 Å². The number of carbonyl (C=O) groups is 1. The standard InChI is InChI=1S/C14H18BrFN2O.ClH/c1-18(14(19)13-4-2-3-7-17-13)9-10-8-11(15)5-6-12(10)16;/h5-6,8,13,17H,2-4,7,9H2,1H3;1H. The molecule has 0 radical (unpaired) electrons. The van der Waals surface area contributed by atoms with Crippen molar-refractivity contribution in [2.75, 3.05) is 13.6 Å². The van der Waals surface area contributed by atoms with Gasteiger partial charge in [-0.1, -0.05) is 22.4 Å². The van der Waals surface area contributed by atoms with Crippen LogP contribution in [0, 0.1) is 5.82 Å².